The highest BCUT2D eigenvalue weighted by molar-refractivity contribution is 7.10. The summed E-state index contributed by atoms with van der Waals surface area (Å²) in [6, 6.07) is 6.01. The molecule has 0 radical (unpaired) electrons. The van der Waals surface area contributed by atoms with Gasteiger partial charge in [0.15, 0.2) is 0 Å². The van der Waals surface area contributed by atoms with E-state index >= 15 is 0 Å². The quantitative estimate of drug-likeness (QED) is 0.719. The number of H-pyrrole nitrogens is 1. The zero-order valence-corrected chi connectivity index (χ0v) is 15.3. The van der Waals surface area contributed by atoms with Crippen LogP contribution in [0.25, 0.3) is 11.0 Å². The third-order valence-electron chi connectivity index (χ3n) is 5.67. The number of hydrogen-bond acceptors (Lipinski definition) is 6. The third kappa shape index (κ3) is 2.71. The molecule has 26 heavy (non-hydrogen) atoms. The Morgan fingerprint density at radius 3 is 2.92 bits per heavy atom. The van der Waals surface area contributed by atoms with Gasteiger partial charge >= 0.3 is 0 Å². The van der Waals surface area contributed by atoms with Crippen molar-refractivity contribution in [2.45, 2.75) is 18.9 Å². The molecule has 1 aliphatic heterocycles. The molecule has 2 aliphatic rings. The fraction of sp³-hybridized carbons (Fsp3) is 0.421. The summed E-state index contributed by atoms with van der Waals surface area (Å²) in [6.45, 7) is 3.71. The summed E-state index contributed by atoms with van der Waals surface area (Å²) < 4.78 is 0. The first kappa shape index (κ1) is 16.0. The smallest absolute Gasteiger partial charge is 0.142 e. The topological polar surface area (TPSA) is 65.1 Å². The molecule has 1 spiro atoms. The molecule has 1 unspecified atom stereocenters. The predicted molar refractivity (Wildman–Crippen MR) is 102 cm³/mol. The molecule has 3 aromatic heterocycles. The molecule has 0 amide bonds. The molecule has 0 aromatic carbocycles. The first-order valence-electron chi connectivity index (χ1n) is 9.04. The van der Waals surface area contributed by atoms with Crippen molar-refractivity contribution >= 4 is 34.5 Å². The van der Waals surface area contributed by atoms with Gasteiger partial charge in [-0.15, -0.1) is 11.3 Å². The number of nitrogens with one attached hydrogen (secondary N) is 1. The number of aromatic amines is 1. The van der Waals surface area contributed by atoms with Gasteiger partial charge in [0.2, 0.25) is 0 Å². The van der Waals surface area contributed by atoms with E-state index in [4.69, 9.17) is 0 Å². The molecule has 1 N–H and O–H groups in total. The molecule has 134 valence electrons. The van der Waals surface area contributed by atoms with Crippen molar-refractivity contribution in [3.63, 3.8) is 0 Å². The number of rotatable bonds is 4. The highest BCUT2D eigenvalue weighted by atomic mass is 32.1. The standard InChI is InChI=1S/C19H21N5OS/c25-10-15(16-2-1-9-26-16)23-7-8-24(12-19(11-23)4-5-19)18-14-3-6-20-17(14)21-13-22-18/h1-3,6,9-10,13,15H,4-5,7-8,11-12H2,(H,20,21,22). The minimum atomic E-state index is -0.134. The Kier molecular flexibility index (Phi) is 3.79. The van der Waals surface area contributed by atoms with E-state index in [9.17, 15) is 4.79 Å². The van der Waals surface area contributed by atoms with Crippen LogP contribution in [0.5, 0.6) is 0 Å². The molecule has 2 fully saturated rings. The van der Waals surface area contributed by atoms with E-state index < -0.39 is 0 Å². The lowest BCUT2D eigenvalue weighted by Crippen LogP contribution is -2.35. The van der Waals surface area contributed by atoms with Crippen LogP contribution in [0.3, 0.4) is 0 Å². The molecule has 5 rings (SSSR count). The van der Waals surface area contributed by atoms with Crippen molar-refractivity contribution in [2.24, 2.45) is 5.41 Å². The maximum absolute atomic E-state index is 11.9. The Bertz CT molecular complexity index is 917. The minimum absolute atomic E-state index is 0.134. The fourth-order valence-corrected chi connectivity index (χ4v) is 4.92. The minimum Gasteiger partial charge on any atom is -0.354 e. The van der Waals surface area contributed by atoms with E-state index in [0.717, 1.165) is 54.2 Å². The molecular weight excluding hydrogens is 346 g/mol. The normalized spacial score (nSPS) is 21.0. The maximum atomic E-state index is 11.9. The van der Waals surface area contributed by atoms with Gasteiger partial charge in [0.05, 0.1) is 5.39 Å². The molecule has 1 atom stereocenters. The lowest BCUT2D eigenvalue weighted by Gasteiger charge is -2.28. The summed E-state index contributed by atoms with van der Waals surface area (Å²) in [5, 5.41) is 3.12. The second-order valence-electron chi connectivity index (χ2n) is 7.43. The van der Waals surface area contributed by atoms with Crippen molar-refractivity contribution in [1.29, 1.82) is 0 Å². The molecule has 1 saturated carbocycles. The van der Waals surface area contributed by atoms with Crippen molar-refractivity contribution in [1.82, 2.24) is 19.9 Å². The predicted octanol–water partition coefficient (Wildman–Crippen LogP) is 2.86. The number of carbonyl (C=O) groups is 1. The second kappa shape index (κ2) is 6.17. The summed E-state index contributed by atoms with van der Waals surface area (Å²) in [4.78, 5) is 29.8. The van der Waals surface area contributed by atoms with Gasteiger partial charge in [-0.25, -0.2) is 9.97 Å². The summed E-state index contributed by atoms with van der Waals surface area (Å²) in [7, 11) is 0. The second-order valence-corrected chi connectivity index (χ2v) is 8.40. The van der Waals surface area contributed by atoms with Crippen molar-refractivity contribution in [3.05, 3.63) is 41.0 Å². The van der Waals surface area contributed by atoms with Crippen LogP contribution in [0.15, 0.2) is 36.1 Å². The number of nitrogens with zero attached hydrogens (tertiary/aromatic N) is 4. The van der Waals surface area contributed by atoms with E-state index in [2.05, 4.69) is 30.8 Å². The highest BCUT2D eigenvalue weighted by Crippen LogP contribution is 2.49. The molecule has 4 heterocycles. The molecule has 1 aliphatic carbocycles. The SMILES string of the molecule is O=CC(c1cccs1)N1CCN(c2ncnc3[nH]ccc23)CC2(CC2)C1. The number of aromatic nitrogens is 3. The van der Waals surface area contributed by atoms with Crippen LogP contribution in [0, 0.1) is 5.41 Å². The van der Waals surface area contributed by atoms with Gasteiger partial charge in [-0.05, 0) is 30.4 Å². The zero-order chi connectivity index (χ0) is 17.6. The Hall–Kier alpha value is -2.25. The Labute approximate surface area is 155 Å². The molecule has 6 nitrogen and oxygen atoms in total. The third-order valence-corrected chi connectivity index (χ3v) is 6.61. The molecular formula is C19H21N5OS. The van der Waals surface area contributed by atoms with Crippen molar-refractivity contribution < 1.29 is 4.79 Å². The average Bonchev–Trinajstić information content (AvgIpc) is 3.06. The maximum Gasteiger partial charge on any atom is 0.142 e. The van der Waals surface area contributed by atoms with Gasteiger partial charge in [-0.1, -0.05) is 6.07 Å². The van der Waals surface area contributed by atoms with Gasteiger partial charge in [-0.2, -0.15) is 0 Å². The summed E-state index contributed by atoms with van der Waals surface area (Å²) in [5.74, 6) is 1.00. The van der Waals surface area contributed by atoms with Crippen molar-refractivity contribution in [2.75, 3.05) is 31.1 Å². The molecule has 7 heteroatoms. The van der Waals surface area contributed by atoms with Crippen LogP contribution >= 0.6 is 11.3 Å². The Balaban J connectivity index is 1.46. The molecule has 1 saturated heterocycles. The molecule has 0 bridgehead atoms. The summed E-state index contributed by atoms with van der Waals surface area (Å²) >= 11 is 1.67. The number of fused-ring (bicyclic) bond motifs is 1. The van der Waals surface area contributed by atoms with Gasteiger partial charge in [0.25, 0.3) is 0 Å². The monoisotopic (exact) mass is 367 g/mol. The number of anilines is 1. The van der Waals surface area contributed by atoms with Gasteiger partial charge in [0.1, 0.15) is 30.1 Å². The summed E-state index contributed by atoms with van der Waals surface area (Å²) in [6.07, 6.45) is 7.09. The largest absolute Gasteiger partial charge is 0.354 e. The number of thiophene rings is 1. The first-order valence-corrected chi connectivity index (χ1v) is 9.92. The number of aldehydes is 1. The summed E-state index contributed by atoms with van der Waals surface area (Å²) in [5.41, 5.74) is 1.16. The van der Waals surface area contributed by atoms with E-state index in [-0.39, 0.29) is 11.5 Å². The van der Waals surface area contributed by atoms with Crippen LogP contribution in [-0.2, 0) is 4.79 Å². The van der Waals surface area contributed by atoms with Crippen LogP contribution in [0.1, 0.15) is 23.8 Å². The average molecular weight is 367 g/mol. The van der Waals surface area contributed by atoms with E-state index in [1.165, 1.54) is 12.8 Å². The number of hydrogen-bond donors (Lipinski definition) is 1. The van der Waals surface area contributed by atoms with E-state index in [1.807, 2.05) is 23.7 Å². The van der Waals surface area contributed by atoms with Crippen LogP contribution < -0.4 is 4.90 Å². The van der Waals surface area contributed by atoms with Gasteiger partial charge in [0, 0.05) is 42.7 Å². The van der Waals surface area contributed by atoms with Crippen LogP contribution in [0.4, 0.5) is 5.82 Å². The van der Waals surface area contributed by atoms with E-state index in [0.29, 0.717) is 0 Å². The van der Waals surface area contributed by atoms with Crippen molar-refractivity contribution in [3.8, 4) is 0 Å². The first-order chi connectivity index (χ1) is 12.8. The van der Waals surface area contributed by atoms with Crippen LogP contribution in [-0.4, -0.2) is 52.3 Å². The van der Waals surface area contributed by atoms with Gasteiger partial charge < -0.3 is 14.7 Å². The van der Waals surface area contributed by atoms with Crippen LogP contribution in [0.2, 0.25) is 0 Å². The lowest BCUT2D eigenvalue weighted by molar-refractivity contribution is -0.112. The molecule has 3 aromatic rings. The van der Waals surface area contributed by atoms with Gasteiger partial charge in [-0.3, -0.25) is 4.90 Å². The zero-order valence-electron chi connectivity index (χ0n) is 14.5. The lowest BCUT2D eigenvalue weighted by atomic mass is 10.1. The Morgan fingerprint density at radius 1 is 1.23 bits per heavy atom. The fourth-order valence-electron chi connectivity index (χ4n) is 4.11. The Morgan fingerprint density at radius 2 is 2.15 bits per heavy atom. The van der Waals surface area contributed by atoms with E-state index in [1.54, 1.807) is 17.7 Å². The highest BCUT2D eigenvalue weighted by Gasteiger charge is 2.48. The number of carbonyl (C=O) groups excluding carboxylic acids is 1.